The third kappa shape index (κ3) is 4.47. The molecule has 5 rings (SSSR count). The van der Waals surface area contributed by atoms with Crippen molar-refractivity contribution < 1.29 is 14.0 Å². The number of anilines is 1. The summed E-state index contributed by atoms with van der Waals surface area (Å²) in [6.07, 6.45) is 5.29. The van der Waals surface area contributed by atoms with Gasteiger partial charge in [-0.15, -0.1) is 0 Å². The fourth-order valence-corrected chi connectivity index (χ4v) is 4.72. The fourth-order valence-electron chi connectivity index (χ4n) is 4.72. The van der Waals surface area contributed by atoms with Crippen LogP contribution in [-0.2, 0) is 6.42 Å². The lowest BCUT2D eigenvalue weighted by Gasteiger charge is -2.26. The summed E-state index contributed by atoms with van der Waals surface area (Å²) in [6, 6.07) is 18.5. The molecule has 2 aromatic heterocycles. The second kappa shape index (κ2) is 9.22. The number of amides is 2. The number of rotatable bonds is 4. The Morgan fingerprint density at radius 1 is 1.06 bits per heavy atom. The Kier molecular flexibility index (Phi) is 5.95. The summed E-state index contributed by atoms with van der Waals surface area (Å²) in [5.41, 5.74) is 5.35. The van der Waals surface area contributed by atoms with E-state index in [4.69, 9.17) is 9.40 Å². The van der Waals surface area contributed by atoms with Crippen LogP contribution in [0, 0.1) is 5.92 Å². The van der Waals surface area contributed by atoms with E-state index in [0.29, 0.717) is 22.7 Å². The first-order valence-corrected chi connectivity index (χ1v) is 11.7. The van der Waals surface area contributed by atoms with Crippen LogP contribution in [0.2, 0.25) is 0 Å². The zero-order valence-corrected chi connectivity index (χ0v) is 20.0. The van der Waals surface area contributed by atoms with E-state index in [2.05, 4.69) is 12.2 Å². The molecule has 2 amide bonds. The highest BCUT2D eigenvalue weighted by molar-refractivity contribution is 6.14. The molecule has 35 heavy (non-hydrogen) atoms. The maximum atomic E-state index is 13.8. The third-order valence-electron chi connectivity index (χ3n) is 6.28. The van der Waals surface area contributed by atoms with Crippen LogP contribution in [0.4, 0.5) is 5.69 Å². The molecule has 0 spiro atoms. The number of carbonyl (C=O) groups is 2. The normalized spacial score (nSPS) is 16.2. The molecule has 2 aromatic carbocycles. The Morgan fingerprint density at radius 2 is 1.89 bits per heavy atom. The molecule has 1 aliphatic rings. The number of carbonyl (C=O) groups excluding carboxylic acids is 2. The molecule has 2 heterocycles. The Morgan fingerprint density at radius 3 is 2.66 bits per heavy atom. The van der Waals surface area contributed by atoms with Crippen LogP contribution in [0.25, 0.3) is 22.6 Å². The predicted octanol–water partition coefficient (Wildman–Crippen LogP) is 5.90. The van der Waals surface area contributed by atoms with Crippen molar-refractivity contribution >= 4 is 40.1 Å². The van der Waals surface area contributed by atoms with Crippen molar-refractivity contribution in [1.82, 2.24) is 9.88 Å². The van der Waals surface area contributed by atoms with Gasteiger partial charge in [-0.1, -0.05) is 31.2 Å². The van der Waals surface area contributed by atoms with E-state index in [0.717, 1.165) is 46.3 Å². The van der Waals surface area contributed by atoms with E-state index >= 15 is 0 Å². The number of nitrogens with zero attached hydrogens (tertiary/aromatic N) is 2. The quantitative estimate of drug-likeness (QED) is 0.407. The van der Waals surface area contributed by atoms with E-state index in [1.165, 1.54) is 4.90 Å². The maximum Gasteiger partial charge on any atom is 0.256 e. The molecule has 4 aromatic rings. The highest BCUT2D eigenvalue weighted by Crippen LogP contribution is 2.38. The molecule has 0 saturated heterocycles. The number of allylic oxidation sites excluding steroid dienone is 1. The Labute approximate surface area is 204 Å². The van der Waals surface area contributed by atoms with Crippen LogP contribution in [0.3, 0.4) is 0 Å². The maximum absolute atomic E-state index is 13.8. The van der Waals surface area contributed by atoms with Crippen LogP contribution in [0.1, 0.15) is 51.1 Å². The van der Waals surface area contributed by atoms with Crippen molar-refractivity contribution in [3.63, 3.8) is 0 Å². The van der Waals surface area contributed by atoms with Crippen molar-refractivity contribution in [3.05, 3.63) is 95.1 Å². The van der Waals surface area contributed by atoms with Crippen molar-refractivity contribution in [3.8, 4) is 0 Å². The largest absolute Gasteiger partial charge is 0.465 e. The van der Waals surface area contributed by atoms with Gasteiger partial charge in [-0.25, -0.2) is 4.98 Å². The van der Waals surface area contributed by atoms with Crippen LogP contribution in [0.15, 0.2) is 71.3 Å². The minimum absolute atomic E-state index is 0.116. The number of hydrogen-bond acceptors (Lipinski definition) is 4. The molecule has 1 unspecified atom stereocenters. The van der Waals surface area contributed by atoms with Gasteiger partial charge in [0.25, 0.3) is 11.8 Å². The van der Waals surface area contributed by atoms with Gasteiger partial charge in [-0.3, -0.25) is 9.59 Å². The topological polar surface area (TPSA) is 75.4 Å². The molecule has 1 atom stereocenters. The summed E-state index contributed by atoms with van der Waals surface area (Å²) >= 11 is 0. The van der Waals surface area contributed by atoms with Gasteiger partial charge < -0.3 is 14.6 Å². The fraction of sp³-hybridized carbons (Fsp3) is 0.207. The van der Waals surface area contributed by atoms with Gasteiger partial charge in [-0.05, 0) is 72.4 Å². The van der Waals surface area contributed by atoms with Gasteiger partial charge in [0.2, 0.25) is 0 Å². The molecule has 0 saturated carbocycles. The third-order valence-corrected chi connectivity index (χ3v) is 6.28. The summed E-state index contributed by atoms with van der Waals surface area (Å²) in [5, 5.41) is 3.85. The molecule has 0 fully saturated rings. The van der Waals surface area contributed by atoms with Crippen molar-refractivity contribution in [1.29, 1.82) is 0 Å². The molecule has 176 valence electrons. The smallest absolute Gasteiger partial charge is 0.256 e. The first-order chi connectivity index (χ1) is 16.9. The lowest BCUT2D eigenvalue weighted by atomic mass is 9.80. The number of para-hydroxylation sites is 1. The van der Waals surface area contributed by atoms with Gasteiger partial charge in [0, 0.05) is 30.7 Å². The van der Waals surface area contributed by atoms with Crippen LogP contribution in [-0.4, -0.2) is 35.8 Å². The minimum Gasteiger partial charge on any atom is -0.465 e. The summed E-state index contributed by atoms with van der Waals surface area (Å²) < 4.78 is 5.56. The number of benzene rings is 2. The molecule has 1 aliphatic carbocycles. The van der Waals surface area contributed by atoms with E-state index < -0.39 is 0 Å². The van der Waals surface area contributed by atoms with Gasteiger partial charge in [-0.2, -0.15) is 0 Å². The highest BCUT2D eigenvalue weighted by atomic mass is 16.3. The van der Waals surface area contributed by atoms with Gasteiger partial charge in [0.15, 0.2) is 0 Å². The lowest BCUT2D eigenvalue weighted by molar-refractivity contribution is 0.0827. The average molecular weight is 466 g/mol. The van der Waals surface area contributed by atoms with Gasteiger partial charge in [0.05, 0.1) is 23.0 Å². The first kappa shape index (κ1) is 22.6. The van der Waals surface area contributed by atoms with E-state index in [1.807, 2.05) is 42.5 Å². The zero-order chi connectivity index (χ0) is 24.5. The molecular formula is C29H27N3O3. The summed E-state index contributed by atoms with van der Waals surface area (Å²) in [4.78, 5) is 32.7. The average Bonchev–Trinajstić information content (AvgIpc) is 3.35. The molecule has 6 nitrogen and oxygen atoms in total. The van der Waals surface area contributed by atoms with Crippen molar-refractivity contribution in [2.45, 2.75) is 19.8 Å². The van der Waals surface area contributed by atoms with Crippen molar-refractivity contribution in [2.24, 2.45) is 5.92 Å². The highest BCUT2D eigenvalue weighted by Gasteiger charge is 2.28. The summed E-state index contributed by atoms with van der Waals surface area (Å²) in [7, 11) is 3.41. The van der Waals surface area contributed by atoms with Crippen LogP contribution >= 0.6 is 0 Å². The number of hydrogen-bond donors (Lipinski definition) is 1. The van der Waals surface area contributed by atoms with E-state index in [1.54, 1.807) is 44.6 Å². The second-order valence-electron chi connectivity index (χ2n) is 9.26. The first-order valence-electron chi connectivity index (χ1n) is 11.7. The monoisotopic (exact) mass is 465 g/mol. The molecule has 6 heteroatoms. The molecule has 0 radical (unpaired) electrons. The minimum atomic E-state index is -0.208. The Hall–Kier alpha value is -4.19. The molecule has 0 bridgehead atoms. The predicted molar refractivity (Wildman–Crippen MR) is 138 cm³/mol. The van der Waals surface area contributed by atoms with Gasteiger partial charge in [0.1, 0.15) is 5.76 Å². The standard InChI is InChI=1S/C29H27N3O3/c1-18-14-20(17-22-10-7-13-35-22)27-24(15-18)26(23-11-4-5-12-25(23)31-27)28(33)30-21-9-6-8-19(16-21)29(34)32(2)3/h4-13,16-18H,14-15H2,1-3H3,(H,30,33)/b20-17+. The molecule has 1 N–H and O–H groups in total. The SMILES string of the molecule is CC1C/C(=C\c2ccco2)c2nc3ccccc3c(C(=O)Nc3cccc(C(=O)N(C)C)c3)c2C1. The number of nitrogens with one attached hydrogen (secondary N) is 1. The molecular weight excluding hydrogens is 438 g/mol. The molecule has 0 aliphatic heterocycles. The number of fused-ring (bicyclic) bond motifs is 2. The number of pyridine rings is 1. The van der Waals surface area contributed by atoms with E-state index in [-0.39, 0.29) is 11.8 Å². The lowest BCUT2D eigenvalue weighted by Crippen LogP contribution is -2.23. The van der Waals surface area contributed by atoms with Gasteiger partial charge >= 0.3 is 0 Å². The van der Waals surface area contributed by atoms with Crippen molar-refractivity contribution in [2.75, 3.05) is 19.4 Å². The summed E-state index contributed by atoms with van der Waals surface area (Å²) in [6.45, 7) is 2.19. The second-order valence-corrected chi connectivity index (χ2v) is 9.26. The van der Waals surface area contributed by atoms with Crippen LogP contribution < -0.4 is 5.32 Å². The van der Waals surface area contributed by atoms with E-state index in [9.17, 15) is 9.59 Å². The summed E-state index contributed by atoms with van der Waals surface area (Å²) in [5.74, 6) is 0.790. The Balaban J connectivity index is 1.62. The Bertz CT molecular complexity index is 1450. The number of furan rings is 1. The zero-order valence-electron chi connectivity index (χ0n) is 20.0. The van der Waals surface area contributed by atoms with Crippen LogP contribution in [0.5, 0.6) is 0 Å². The number of aromatic nitrogens is 1.